The Hall–Kier alpha value is -0.450. The van der Waals surface area contributed by atoms with E-state index >= 15 is 0 Å². The monoisotopic (exact) mass is 2010 g/mol. The van der Waals surface area contributed by atoms with Gasteiger partial charge in [0.15, 0.2) is 0 Å². The Morgan fingerprint density at radius 3 is 0.476 bits per heavy atom. The molecule has 0 N–H and O–H groups in total. The van der Waals surface area contributed by atoms with Crippen molar-refractivity contribution >= 4 is 88.5 Å². The summed E-state index contributed by atoms with van der Waals surface area (Å²) in [6.07, 6.45) is -11.9. The van der Waals surface area contributed by atoms with Crippen LogP contribution in [0.4, 0.5) is 0 Å². The van der Waals surface area contributed by atoms with Crippen molar-refractivity contribution in [2.24, 2.45) is 151 Å². The van der Waals surface area contributed by atoms with Crippen molar-refractivity contribution < 1.29 is 114 Å². The van der Waals surface area contributed by atoms with E-state index in [0.717, 1.165) is 6.26 Å². The standard InChI is InChI=1S/9C11H24O2S/c9*1-10(2,3)9(11(4,5)6)8-14(7,12)13/h9*9H,8H2,1-7H3/i7D2,8D,9D;7D,8D,9D;8D,9D;7D3,9D;7D2,9D;7D,9D;7D3,8D2;7D2,8D2;9D. The van der Waals surface area contributed by atoms with E-state index in [1.807, 2.05) is 166 Å². The summed E-state index contributed by atoms with van der Waals surface area (Å²) in [6, 6.07) is 0. The number of rotatable bonds is 18. The summed E-state index contributed by atoms with van der Waals surface area (Å²) >= 11 is 0. The molecule has 0 aromatic rings. The predicted octanol–water partition coefficient (Wildman–Crippen LogP) is 24.7. The molecule has 0 saturated heterocycles. The van der Waals surface area contributed by atoms with Gasteiger partial charge in [0.05, 0.1) is 51.6 Å². The van der Waals surface area contributed by atoms with Crippen LogP contribution in [0.15, 0.2) is 0 Å². The highest BCUT2D eigenvalue weighted by Crippen LogP contribution is 2.48. The number of hydrogen-bond acceptors (Lipinski definition) is 18. The largest absolute Gasteiger partial charge is 0.229 e. The van der Waals surface area contributed by atoms with E-state index in [1.54, 1.807) is 208 Å². The lowest BCUT2D eigenvalue weighted by atomic mass is 9.68. The highest BCUT2D eigenvalue weighted by atomic mass is 32.2. The molecule has 0 heterocycles. The molecule has 3 unspecified atom stereocenters. The average Bonchev–Trinajstić information content (AvgIpc) is 0.727. The van der Waals surface area contributed by atoms with Crippen LogP contribution in [0.2, 0.25) is 0 Å². The zero-order valence-corrected chi connectivity index (χ0v) is 97.7. The van der Waals surface area contributed by atoms with Gasteiger partial charge in [-0.05, 0) is 151 Å². The lowest BCUT2D eigenvalue weighted by molar-refractivity contribution is 0.123. The van der Waals surface area contributed by atoms with Crippen LogP contribution >= 0.6 is 0 Å². The van der Waals surface area contributed by atoms with Crippen molar-refractivity contribution in [3.05, 3.63) is 0 Å². The number of hydrogen-bond donors (Lipinski definition) is 0. The molecule has 0 aromatic heterocycles. The van der Waals surface area contributed by atoms with Crippen LogP contribution in [0.1, 0.15) is 412 Å². The molecular weight excluding hydrogens is 1770 g/mol. The molecule has 0 fully saturated rings. The van der Waals surface area contributed by atoms with Gasteiger partial charge in [-0.15, -0.1) is 0 Å². The normalized spacial score (nSPS) is 19.9. The van der Waals surface area contributed by atoms with Crippen LogP contribution in [-0.4, -0.2) is 183 Å². The molecule has 27 heteroatoms. The van der Waals surface area contributed by atoms with Crippen molar-refractivity contribution in [2.45, 2.75) is 374 Å². The second kappa shape index (κ2) is 48.7. The van der Waals surface area contributed by atoms with Crippen LogP contribution in [0.5, 0.6) is 0 Å². The minimum Gasteiger partial charge on any atom is -0.229 e. The van der Waals surface area contributed by atoms with E-state index in [0.29, 0.717) is 0 Å². The molecule has 0 aliphatic rings. The Morgan fingerprint density at radius 1 is 0.183 bits per heavy atom. The van der Waals surface area contributed by atoms with Crippen LogP contribution in [0, 0.1) is 151 Å². The molecule has 0 aliphatic heterocycles. The molecule has 0 bridgehead atoms. The van der Waals surface area contributed by atoms with Crippen LogP contribution in [0.3, 0.4) is 0 Å². The van der Waals surface area contributed by atoms with E-state index in [-0.39, 0.29) is 22.3 Å². The zero-order valence-electron chi connectivity index (χ0n) is 118. The molecule has 0 rings (SSSR count). The zero-order chi connectivity index (χ0) is 130. The van der Waals surface area contributed by atoms with Gasteiger partial charge in [0.1, 0.15) is 88.5 Å². The summed E-state index contributed by atoms with van der Waals surface area (Å²) in [7, 11) is -35.9. The molecule has 0 aromatic carbocycles. The molecule has 0 saturated carbocycles. The van der Waals surface area contributed by atoms with E-state index in [2.05, 4.69) is 0 Å². The van der Waals surface area contributed by atoms with E-state index in [4.69, 9.17) is 38.4 Å². The minimum atomic E-state index is -4.91. The summed E-state index contributed by atoms with van der Waals surface area (Å²) in [5.41, 5.74) is -20.9. The molecule has 3 atom stereocenters. The lowest BCUT2D eigenvalue weighted by Crippen LogP contribution is -2.37. The maximum atomic E-state index is 12.1. The van der Waals surface area contributed by atoms with Gasteiger partial charge in [-0.3, -0.25) is 0 Å². The summed E-state index contributed by atoms with van der Waals surface area (Å²) in [5, 5.41) is 0. The Morgan fingerprint density at radius 2 is 0.341 bits per heavy atom. The third-order valence-corrected chi connectivity index (χ3v) is 24.3. The minimum absolute atomic E-state index is 0.0903. The van der Waals surface area contributed by atoms with Gasteiger partial charge in [-0.2, -0.15) is 0 Å². The molecule has 774 valence electrons. The fourth-order valence-corrected chi connectivity index (χ4v) is 26.2. The van der Waals surface area contributed by atoms with Crippen LogP contribution in [-0.2, 0) is 88.5 Å². The molecule has 0 radical (unpaired) electrons. The van der Waals surface area contributed by atoms with Gasteiger partial charge in [0.2, 0.25) is 0 Å². The Balaban J connectivity index is -0.000000220. The number of sulfone groups is 9. The summed E-state index contributed by atoms with van der Waals surface area (Å²) in [6.45, 7) is 97.1. The fourth-order valence-electron chi connectivity index (χ4n) is 15.7. The first-order chi connectivity index (χ1) is 64.5. The first-order valence-corrected chi connectivity index (χ1v) is 57.9. The van der Waals surface area contributed by atoms with Crippen molar-refractivity contribution in [2.75, 3.05) is 108 Å². The van der Waals surface area contributed by atoms with Crippen molar-refractivity contribution in [3.8, 4) is 0 Å². The van der Waals surface area contributed by atoms with Gasteiger partial charge in [-0.1, -0.05) is 374 Å². The van der Waals surface area contributed by atoms with Crippen molar-refractivity contribution in [3.63, 3.8) is 0 Å². The fraction of sp³-hybridized carbons (Fsp3) is 1.00. The smallest absolute Gasteiger partial charge is 0.147 e. The third-order valence-electron chi connectivity index (χ3n) is 18.5. The first kappa shape index (κ1) is 93.2. The van der Waals surface area contributed by atoms with Gasteiger partial charge in [0.25, 0.3) is 0 Å². The van der Waals surface area contributed by atoms with E-state index < -0.39 is 312 Å². The predicted molar refractivity (Wildman–Crippen MR) is 559 cm³/mol. The van der Waals surface area contributed by atoms with Crippen molar-refractivity contribution in [1.82, 2.24) is 0 Å². The quantitative estimate of drug-likeness (QED) is 0.123. The SMILES string of the molecule is [2H]C(C([2H])(C(C)(C)C)C(C)(C)C)S(C)(=O)=O.[2H]C(CS(=O)(=O)C([2H])([2H])[2H])(C(C)(C)C)C(C)(C)C.[2H]C(CS(C)(=O)=O)(C(C)(C)C)C(C)(C)C.[2H]C([2H])([2H])S(=O)(=O)C([2H])([2H])C(C(C)(C)C)C(C)(C)C.[2H]C([2H])S(=O)(=O)C([2H])([2H])C(C(C)(C)C)C(C)(C)C.[2H]C([2H])S(=O)(=O)C([2H])C([2H])(C(C)(C)C)C(C)(C)C.[2H]C([2H])S(=O)(=O)CC([2H])(C(C)(C)C)C(C)(C)C.[2H]CS(=O)(=O)C([2H])C([2H])(C(C)(C)C)C(C)(C)C.[2H]CS(=O)(=O)CC([2H])(C(C)(C)C)C(C)(C)C. The van der Waals surface area contributed by atoms with Crippen molar-refractivity contribution in [1.29, 1.82) is 0 Å². The molecule has 0 aliphatic carbocycles. The van der Waals surface area contributed by atoms with Crippen LogP contribution < -0.4 is 0 Å². The Labute approximate surface area is 830 Å². The highest BCUT2D eigenvalue weighted by molar-refractivity contribution is 7.92. The molecule has 0 amide bonds. The van der Waals surface area contributed by atoms with E-state index in [1.165, 1.54) is 6.26 Å². The maximum absolute atomic E-state index is 12.1. The van der Waals surface area contributed by atoms with Gasteiger partial charge in [0, 0.05) is 94.3 Å². The summed E-state index contributed by atoms with van der Waals surface area (Å²) in [5.74, 6) is -12.4. The van der Waals surface area contributed by atoms with Gasteiger partial charge >= 0.3 is 0 Å². The van der Waals surface area contributed by atoms with Gasteiger partial charge < -0.3 is 0 Å². The molecule has 18 nitrogen and oxygen atoms in total. The molecular formula is C99H216O18S9. The summed E-state index contributed by atoms with van der Waals surface area (Å²) < 4.78 is 426. The topological polar surface area (TPSA) is 307 Å². The second-order valence-electron chi connectivity index (χ2n) is 52.2. The van der Waals surface area contributed by atoms with Gasteiger partial charge in [-0.25, -0.2) is 75.8 Å². The average molecular weight is 2010 g/mol. The Bertz CT molecular complexity index is 5310. The molecule has 0 spiro atoms. The van der Waals surface area contributed by atoms with E-state index in [9.17, 15) is 75.8 Å². The van der Waals surface area contributed by atoms with Crippen LogP contribution in [0.25, 0.3) is 0 Å². The Kier molecular flexibility index (Phi) is 36.0. The molecule has 126 heavy (non-hydrogen) atoms. The summed E-state index contributed by atoms with van der Waals surface area (Å²) in [4.78, 5) is 0. The third kappa shape index (κ3) is 79.7. The second-order valence-corrected chi connectivity index (χ2v) is 66.7. The maximum Gasteiger partial charge on any atom is 0.147 e. The lowest BCUT2D eigenvalue weighted by Gasteiger charge is -2.40. The highest BCUT2D eigenvalue weighted by Gasteiger charge is 2.45. The first-order valence-electron chi connectivity index (χ1n) is 57.4.